The highest BCUT2D eigenvalue weighted by Gasteiger charge is 2.19. The summed E-state index contributed by atoms with van der Waals surface area (Å²) in [4.78, 5) is 17.1. The number of aromatic nitrogens is 2. The smallest absolute Gasteiger partial charge is 0.262 e. The Kier molecular flexibility index (Phi) is 3.57. The first-order valence-corrected chi connectivity index (χ1v) is 7.67. The largest absolute Gasteiger partial charge is 0.376 e. The third kappa shape index (κ3) is 2.40. The van der Waals surface area contributed by atoms with Crippen LogP contribution in [0.4, 0.5) is 0 Å². The molecule has 1 aliphatic rings. The molecule has 0 saturated carbocycles. The van der Waals surface area contributed by atoms with Crippen molar-refractivity contribution in [3.05, 3.63) is 34.6 Å². The van der Waals surface area contributed by atoms with Crippen molar-refractivity contribution in [2.24, 2.45) is 0 Å². The lowest BCUT2D eigenvalue weighted by Gasteiger charge is -2.15. The molecule has 1 aromatic carbocycles. The van der Waals surface area contributed by atoms with Gasteiger partial charge in [0.05, 0.1) is 23.6 Å². The molecule has 3 rings (SSSR count). The summed E-state index contributed by atoms with van der Waals surface area (Å²) < 4.78 is 7.38. The second-order valence-corrected chi connectivity index (χ2v) is 5.44. The van der Waals surface area contributed by atoms with Gasteiger partial charge in [-0.05, 0) is 31.2 Å². The number of fused-ring (bicyclic) bond motifs is 1. The molecule has 2 aromatic rings. The summed E-state index contributed by atoms with van der Waals surface area (Å²) in [5, 5.41) is 1.44. The van der Waals surface area contributed by atoms with E-state index in [9.17, 15) is 4.79 Å². The number of hydrogen-bond donors (Lipinski definition) is 0. The van der Waals surface area contributed by atoms with Gasteiger partial charge in [0.25, 0.3) is 5.56 Å². The third-order valence-electron chi connectivity index (χ3n) is 3.42. The van der Waals surface area contributed by atoms with E-state index in [4.69, 9.17) is 4.74 Å². The van der Waals surface area contributed by atoms with E-state index in [1.165, 1.54) is 11.8 Å². The van der Waals surface area contributed by atoms with Gasteiger partial charge in [-0.2, -0.15) is 0 Å². The van der Waals surface area contributed by atoms with Crippen LogP contribution in [0.2, 0.25) is 0 Å². The van der Waals surface area contributed by atoms with Crippen LogP contribution in [0.1, 0.15) is 12.8 Å². The molecular weight excluding hydrogens is 260 g/mol. The van der Waals surface area contributed by atoms with Crippen molar-refractivity contribution in [2.75, 3.05) is 12.9 Å². The van der Waals surface area contributed by atoms with Crippen molar-refractivity contribution in [3.63, 3.8) is 0 Å². The quantitative estimate of drug-likeness (QED) is 0.637. The Balaban J connectivity index is 2.10. The van der Waals surface area contributed by atoms with Gasteiger partial charge in [-0.3, -0.25) is 9.36 Å². The Morgan fingerprint density at radius 3 is 3.05 bits per heavy atom. The highest BCUT2D eigenvalue weighted by atomic mass is 32.2. The number of ether oxygens (including phenoxy) is 1. The van der Waals surface area contributed by atoms with Gasteiger partial charge < -0.3 is 4.74 Å². The van der Waals surface area contributed by atoms with Gasteiger partial charge in [0.1, 0.15) is 0 Å². The molecule has 1 aromatic heterocycles. The highest BCUT2D eigenvalue weighted by molar-refractivity contribution is 7.98. The molecule has 1 aliphatic heterocycles. The van der Waals surface area contributed by atoms with Crippen molar-refractivity contribution in [3.8, 4) is 0 Å². The average Bonchev–Trinajstić information content (AvgIpc) is 2.95. The fourth-order valence-electron chi connectivity index (χ4n) is 2.46. The van der Waals surface area contributed by atoms with Crippen LogP contribution >= 0.6 is 11.8 Å². The van der Waals surface area contributed by atoms with Gasteiger partial charge in [0.15, 0.2) is 5.16 Å². The maximum absolute atomic E-state index is 12.5. The molecule has 0 N–H and O–H groups in total. The Morgan fingerprint density at radius 2 is 2.32 bits per heavy atom. The van der Waals surface area contributed by atoms with Crippen molar-refractivity contribution in [1.82, 2.24) is 9.55 Å². The molecule has 0 unspecified atom stereocenters. The average molecular weight is 276 g/mol. The van der Waals surface area contributed by atoms with Crippen molar-refractivity contribution in [2.45, 2.75) is 30.6 Å². The summed E-state index contributed by atoms with van der Waals surface area (Å²) in [5.74, 6) is 0. The summed E-state index contributed by atoms with van der Waals surface area (Å²) >= 11 is 1.50. The fourth-order valence-corrected chi connectivity index (χ4v) is 3.02. The molecule has 0 aliphatic carbocycles. The maximum atomic E-state index is 12.5. The number of nitrogens with zero attached hydrogens (tertiary/aromatic N) is 2. The molecule has 2 heterocycles. The first-order valence-electron chi connectivity index (χ1n) is 6.45. The van der Waals surface area contributed by atoms with E-state index in [2.05, 4.69) is 4.98 Å². The standard InChI is InChI=1S/C14H16N2O2S/c1-19-14-15-12-7-3-2-6-11(12)13(17)16(14)9-10-5-4-8-18-10/h2-3,6-7,10H,4-5,8-9H2,1H3/t10-/m1/s1. The lowest BCUT2D eigenvalue weighted by atomic mass is 10.2. The van der Waals surface area contributed by atoms with Crippen LogP contribution in [0.25, 0.3) is 10.9 Å². The second-order valence-electron chi connectivity index (χ2n) is 4.67. The minimum atomic E-state index is 0.0328. The number of thioether (sulfide) groups is 1. The van der Waals surface area contributed by atoms with Crippen LogP contribution < -0.4 is 5.56 Å². The molecule has 100 valence electrons. The van der Waals surface area contributed by atoms with Crippen LogP contribution in [0, 0.1) is 0 Å². The normalized spacial score (nSPS) is 19.1. The predicted octanol–water partition coefficient (Wildman–Crippen LogP) is 2.30. The minimum Gasteiger partial charge on any atom is -0.376 e. The Morgan fingerprint density at radius 1 is 1.47 bits per heavy atom. The lowest BCUT2D eigenvalue weighted by Crippen LogP contribution is -2.28. The summed E-state index contributed by atoms with van der Waals surface area (Å²) in [6.07, 6.45) is 4.19. The topological polar surface area (TPSA) is 44.1 Å². The van der Waals surface area contributed by atoms with E-state index < -0.39 is 0 Å². The van der Waals surface area contributed by atoms with Crippen LogP contribution in [0.5, 0.6) is 0 Å². The molecule has 0 radical (unpaired) electrons. The van der Waals surface area contributed by atoms with Crippen LogP contribution in [-0.4, -0.2) is 28.5 Å². The van der Waals surface area contributed by atoms with Gasteiger partial charge in [-0.25, -0.2) is 4.98 Å². The number of rotatable bonds is 3. The number of para-hydroxylation sites is 1. The summed E-state index contributed by atoms with van der Waals surface area (Å²) in [6, 6.07) is 7.50. The van der Waals surface area contributed by atoms with Crippen molar-refractivity contribution < 1.29 is 4.74 Å². The van der Waals surface area contributed by atoms with E-state index >= 15 is 0 Å². The molecule has 19 heavy (non-hydrogen) atoms. The first-order chi connectivity index (χ1) is 9.29. The molecule has 1 atom stereocenters. The van der Waals surface area contributed by atoms with E-state index in [0.717, 1.165) is 30.1 Å². The maximum Gasteiger partial charge on any atom is 0.262 e. The van der Waals surface area contributed by atoms with Crippen LogP contribution in [-0.2, 0) is 11.3 Å². The highest BCUT2D eigenvalue weighted by Crippen LogP contribution is 2.19. The van der Waals surface area contributed by atoms with Gasteiger partial charge in [-0.15, -0.1) is 0 Å². The zero-order chi connectivity index (χ0) is 13.2. The minimum absolute atomic E-state index is 0.0328. The Labute approximate surface area is 115 Å². The summed E-state index contributed by atoms with van der Waals surface area (Å²) in [7, 11) is 0. The first kappa shape index (κ1) is 12.7. The van der Waals surface area contributed by atoms with E-state index in [1.54, 1.807) is 4.57 Å². The van der Waals surface area contributed by atoms with Gasteiger partial charge in [0, 0.05) is 6.61 Å². The number of hydrogen-bond acceptors (Lipinski definition) is 4. The van der Waals surface area contributed by atoms with E-state index in [0.29, 0.717) is 11.9 Å². The Hall–Kier alpha value is -1.33. The predicted molar refractivity (Wildman–Crippen MR) is 76.8 cm³/mol. The number of benzene rings is 1. The Bertz CT molecular complexity index is 647. The SMILES string of the molecule is CSc1nc2ccccc2c(=O)n1C[C@H]1CCCO1. The van der Waals surface area contributed by atoms with Crippen LogP contribution in [0.15, 0.2) is 34.2 Å². The molecule has 1 saturated heterocycles. The molecule has 0 bridgehead atoms. The van der Waals surface area contributed by atoms with Crippen molar-refractivity contribution >= 4 is 22.7 Å². The molecule has 1 fully saturated rings. The van der Waals surface area contributed by atoms with E-state index in [1.807, 2.05) is 30.5 Å². The van der Waals surface area contributed by atoms with Crippen molar-refractivity contribution in [1.29, 1.82) is 0 Å². The third-order valence-corrected chi connectivity index (χ3v) is 4.10. The second kappa shape index (κ2) is 5.35. The van der Waals surface area contributed by atoms with Gasteiger partial charge >= 0.3 is 0 Å². The molecule has 5 heteroatoms. The molecule has 0 amide bonds. The zero-order valence-electron chi connectivity index (χ0n) is 10.8. The van der Waals surface area contributed by atoms with Crippen LogP contribution in [0.3, 0.4) is 0 Å². The van der Waals surface area contributed by atoms with Gasteiger partial charge in [0.2, 0.25) is 0 Å². The monoisotopic (exact) mass is 276 g/mol. The molecule has 0 spiro atoms. The van der Waals surface area contributed by atoms with Gasteiger partial charge in [-0.1, -0.05) is 23.9 Å². The fraction of sp³-hybridized carbons (Fsp3) is 0.429. The molecular formula is C14H16N2O2S. The van der Waals surface area contributed by atoms with E-state index in [-0.39, 0.29) is 11.7 Å². The zero-order valence-corrected chi connectivity index (χ0v) is 11.7. The summed E-state index contributed by atoms with van der Waals surface area (Å²) in [6.45, 7) is 1.40. The molecule has 4 nitrogen and oxygen atoms in total. The lowest BCUT2D eigenvalue weighted by molar-refractivity contribution is 0.0937. The summed E-state index contributed by atoms with van der Waals surface area (Å²) in [5.41, 5.74) is 0.797.